The van der Waals surface area contributed by atoms with E-state index in [1.807, 2.05) is 19.1 Å². The minimum absolute atomic E-state index is 0.0838. The molecule has 0 aliphatic rings. The first-order chi connectivity index (χ1) is 9.60. The predicted molar refractivity (Wildman–Crippen MR) is 80.0 cm³/mol. The summed E-state index contributed by atoms with van der Waals surface area (Å²) in [6.45, 7) is 2.47. The van der Waals surface area contributed by atoms with Crippen molar-refractivity contribution >= 4 is 17.2 Å². The Morgan fingerprint density at radius 2 is 1.95 bits per heavy atom. The van der Waals surface area contributed by atoms with Gasteiger partial charge in [-0.25, -0.2) is 4.39 Å². The van der Waals surface area contributed by atoms with Crippen LogP contribution in [0.15, 0.2) is 42.5 Å². The second kappa shape index (κ2) is 6.34. The molecule has 0 fully saturated rings. The minimum atomic E-state index is -0.414. The van der Waals surface area contributed by atoms with E-state index in [1.165, 1.54) is 18.2 Å². The first-order valence-electron chi connectivity index (χ1n) is 6.10. The van der Waals surface area contributed by atoms with Crippen LogP contribution in [0.1, 0.15) is 12.5 Å². The Morgan fingerprint density at radius 3 is 2.65 bits per heavy atom. The van der Waals surface area contributed by atoms with Gasteiger partial charge in [-0.2, -0.15) is 0 Å². The average molecular weight is 291 g/mol. The van der Waals surface area contributed by atoms with Gasteiger partial charge in [0.15, 0.2) is 0 Å². The van der Waals surface area contributed by atoms with Crippen LogP contribution in [0.4, 0.5) is 4.39 Å². The van der Waals surface area contributed by atoms with Gasteiger partial charge in [0.05, 0.1) is 12.2 Å². The first kappa shape index (κ1) is 14.3. The summed E-state index contributed by atoms with van der Waals surface area (Å²) in [4.78, 5) is 0.0838. The fourth-order valence-electron chi connectivity index (χ4n) is 1.70. The van der Waals surface area contributed by atoms with Gasteiger partial charge in [-0.1, -0.05) is 18.3 Å². The molecule has 2 aromatic rings. The lowest BCUT2D eigenvalue weighted by atomic mass is 10.2. The van der Waals surface area contributed by atoms with Gasteiger partial charge in [0.2, 0.25) is 0 Å². The molecule has 3 nitrogen and oxygen atoms in total. The van der Waals surface area contributed by atoms with E-state index < -0.39 is 5.82 Å². The number of hydrogen-bond donors (Lipinski definition) is 1. The summed E-state index contributed by atoms with van der Waals surface area (Å²) in [6, 6.07) is 11.2. The van der Waals surface area contributed by atoms with Crippen LogP contribution in [0.25, 0.3) is 0 Å². The van der Waals surface area contributed by atoms with Gasteiger partial charge in [0.1, 0.15) is 28.1 Å². The quantitative estimate of drug-likeness (QED) is 0.854. The van der Waals surface area contributed by atoms with Crippen molar-refractivity contribution in [1.29, 1.82) is 0 Å². The molecule has 0 amide bonds. The van der Waals surface area contributed by atoms with Crippen LogP contribution in [0, 0.1) is 5.82 Å². The van der Waals surface area contributed by atoms with E-state index in [0.717, 1.165) is 0 Å². The van der Waals surface area contributed by atoms with E-state index in [1.54, 1.807) is 12.1 Å². The summed E-state index contributed by atoms with van der Waals surface area (Å²) in [5, 5.41) is 0. The third kappa shape index (κ3) is 3.45. The predicted octanol–water partition coefficient (Wildman–Crippen LogP) is 3.65. The minimum Gasteiger partial charge on any atom is -0.494 e. The fourth-order valence-corrected chi connectivity index (χ4v) is 1.86. The summed E-state index contributed by atoms with van der Waals surface area (Å²) in [5.74, 6) is 1.26. The molecule has 2 N–H and O–H groups in total. The number of rotatable bonds is 5. The third-order valence-electron chi connectivity index (χ3n) is 2.55. The normalized spacial score (nSPS) is 10.1. The molecule has 0 saturated carbocycles. The fraction of sp³-hybridized carbons (Fsp3) is 0.133. The molecule has 0 radical (unpaired) electrons. The van der Waals surface area contributed by atoms with Crippen molar-refractivity contribution in [2.45, 2.75) is 6.92 Å². The van der Waals surface area contributed by atoms with Gasteiger partial charge >= 0.3 is 0 Å². The highest BCUT2D eigenvalue weighted by Gasteiger charge is 2.09. The standard InChI is InChI=1S/C15H14FNO2S/c1-2-18-11-4-3-5-12(9-11)19-14-7-6-10(16)8-13(14)15(17)20/h3-9H,2H2,1H3,(H2,17,20). The van der Waals surface area contributed by atoms with E-state index in [9.17, 15) is 4.39 Å². The molecule has 2 rings (SSSR count). The summed E-state index contributed by atoms with van der Waals surface area (Å²) < 4.78 is 24.3. The largest absolute Gasteiger partial charge is 0.494 e. The molecular weight excluding hydrogens is 277 g/mol. The number of halogens is 1. The van der Waals surface area contributed by atoms with Crippen molar-refractivity contribution in [3.8, 4) is 17.2 Å². The van der Waals surface area contributed by atoms with Gasteiger partial charge in [-0.05, 0) is 37.3 Å². The van der Waals surface area contributed by atoms with E-state index in [-0.39, 0.29) is 4.99 Å². The molecule has 0 aliphatic carbocycles. The second-order valence-electron chi connectivity index (χ2n) is 4.01. The van der Waals surface area contributed by atoms with Gasteiger partial charge < -0.3 is 15.2 Å². The summed E-state index contributed by atoms with van der Waals surface area (Å²) in [5.41, 5.74) is 5.94. The highest BCUT2D eigenvalue weighted by Crippen LogP contribution is 2.28. The summed E-state index contributed by atoms with van der Waals surface area (Å²) in [7, 11) is 0. The van der Waals surface area contributed by atoms with Crippen LogP contribution in [0.2, 0.25) is 0 Å². The molecule has 5 heteroatoms. The van der Waals surface area contributed by atoms with Crippen molar-refractivity contribution in [2.75, 3.05) is 6.61 Å². The maximum Gasteiger partial charge on any atom is 0.137 e. The van der Waals surface area contributed by atoms with Gasteiger partial charge in [0, 0.05) is 6.07 Å². The van der Waals surface area contributed by atoms with Crippen LogP contribution < -0.4 is 15.2 Å². The lowest BCUT2D eigenvalue weighted by molar-refractivity contribution is 0.338. The smallest absolute Gasteiger partial charge is 0.137 e. The molecule has 0 atom stereocenters. The van der Waals surface area contributed by atoms with Crippen LogP contribution in [-0.4, -0.2) is 11.6 Å². The Kier molecular flexibility index (Phi) is 4.53. The Hall–Kier alpha value is -2.14. The molecule has 2 aromatic carbocycles. The van der Waals surface area contributed by atoms with Crippen molar-refractivity contribution in [3.63, 3.8) is 0 Å². The van der Waals surface area contributed by atoms with Gasteiger partial charge in [-0.15, -0.1) is 0 Å². The van der Waals surface area contributed by atoms with Crippen LogP contribution in [0.5, 0.6) is 17.2 Å². The molecule has 0 heterocycles. The SMILES string of the molecule is CCOc1cccc(Oc2ccc(F)cc2C(N)=S)c1. The lowest BCUT2D eigenvalue weighted by Crippen LogP contribution is -2.11. The molecule has 20 heavy (non-hydrogen) atoms. The molecule has 0 aromatic heterocycles. The molecule has 0 saturated heterocycles. The van der Waals surface area contributed by atoms with Gasteiger partial charge in [-0.3, -0.25) is 0 Å². The monoisotopic (exact) mass is 291 g/mol. The van der Waals surface area contributed by atoms with E-state index in [2.05, 4.69) is 0 Å². The highest BCUT2D eigenvalue weighted by atomic mass is 32.1. The zero-order valence-electron chi connectivity index (χ0n) is 10.9. The number of thiocarbonyl (C=S) groups is 1. The van der Waals surface area contributed by atoms with Crippen molar-refractivity contribution in [1.82, 2.24) is 0 Å². The number of ether oxygens (including phenoxy) is 2. The summed E-state index contributed by atoms with van der Waals surface area (Å²) >= 11 is 4.90. The summed E-state index contributed by atoms with van der Waals surface area (Å²) in [6.07, 6.45) is 0. The molecule has 0 bridgehead atoms. The van der Waals surface area contributed by atoms with Crippen molar-refractivity contribution < 1.29 is 13.9 Å². The Labute approximate surface area is 122 Å². The van der Waals surface area contributed by atoms with Crippen LogP contribution in [0.3, 0.4) is 0 Å². The first-order valence-corrected chi connectivity index (χ1v) is 6.51. The maximum atomic E-state index is 13.2. The highest BCUT2D eigenvalue weighted by molar-refractivity contribution is 7.80. The van der Waals surface area contributed by atoms with E-state index in [0.29, 0.717) is 29.4 Å². The van der Waals surface area contributed by atoms with Crippen molar-refractivity contribution in [3.05, 3.63) is 53.8 Å². The van der Waals surface area contributed by atoms with E-state index in [4.69, 9.17) is 27.4 Å². The second-order valence-corrected chi connectivity index (χ2v) is 4.45. The lowest BCUT2D eigenvalue weighted by Gasteiger charge is -2.11. The molecule has 0 aliphatic heterocycles. The van der Waals surface area contributed by atoms with Crippen molar-refractivity contribution in [2.24, 2.45) is 5.73 Å². The Morgan fingerprint density at radius 1 is 1.20 bits per heavy atom. The Bertz CT molecular complexity index is 631. The van der Waals surface area contributed by atoms with Crippen LogP contribution in [-0.2, 0) is 0 Å². The zero-order valence-corrected chi connectivity index (χ0v) is 11.7. The number of benzene rings is 2. The topological polar surface area (TPSA) is 44.5 Å². The van der Waals surface area contributed by atoms with E-state index >= 15 is 0 Å². The van der Waals surface area contributed by atoms with Gasteiger partial charge in [0.25, 0.3) is 0 Å². The zero-order chi connectivity index (χ0) is 14.5. The molecular formula is C15H14FNO2S. The number of nitrogens with two attached hydrogens (primary N) is 1. The third-order valence-corrected chi connectivity index (χ3v) is 2.77. The number of hydrogen-bond acceptors (Lipinski definition) is 3. The molecule has 104 valence electrons. The maximum absolute atomic E-state index is 13.2. The average Bonchev–Trinajstić information content (AvgIpc) is 2.41. The van der Waals surface area contributed by atoms with Crippen LogP contribution >= 0.6 is 12.2 Å². The molecule has 0 unspecified atom stereocenters. The molecule has 0 spiro atoms. The Balaban J connectivity index is 2.30.